The molecule has 0 bridgehead atoms. The van der Waals surface area contributed by atoms with Crippen molar-refractivity contribution in [1.82, 2.24) is 4.90 Å². The molecule has 0 atom stereocenters. The maximum Gasteiger partial charge on any atom is 0.338 e. The molecule has 10 heteroatoms. The maximum atomic E-state index is 12.4. The average molecular weight is 411 g/mol. The number of anilines is 1. The van der Waals surface area contributed by atoms with Crippen LogP contribution in [0.5, 0.6) is 0 Å². The molecule has 10 nitrogen and oxygen atoms in total. The Balaban J connectivity index is 1.59. The molecule has 1 heterocycles. The molecule has 30 heavy (non-hydrogen) atoms. The molecule has 0 fully saturated rings. The van der Waals surface area contributed by atoms with Gasteiger partial charge >= 0.3 is 5.97 Å². The summed E-state index contributed by atoms with van der Waals surface area (Å²) in [5.74, 6) is -2.19. The quantitative estimate of drug-likeness (QED) is 0.320. The second-order valence-electron chi connectivity index (χ2n) is 6.34. The molecule has 0 spiro atoms. The molecule has 1 N–H and O–H groups in total. The van der Waals surface area contributed by atoms with Crippen LogP contribution in [0, 0.1) is 10.1 Å². The summed E-state index contributed by atoms with van der Waals surface area (Å²) in [6, 6.07) is 9.52. The normalized spacial score (nSPS) is 12.5. The summed E-state index contributed by atoms with van der Waals surface area (Å²) in [5, 5.41) is 13.5. The summed E-state index contributed by atoms with van der Waals surface area (Å²) < 4.78 is 4.88. The number of hydrogen-bond acceptors (Lipinski definition) is 7. The van der Waals surface area contributed by atoms with E-state index in [1.807, 2.05) is 0 Å². The highest BCUT2D eigenvalue weighted by atomic mass is 16.6. The highest BCUT2D eigenvalue weighted by Crippen LogP contribution is 2.27. The maximum absolute atomic E-state index is 12.4. The van der Waals surface area contributed by atoms with Crippen molar-refractivity contribution in [3.63, 3.8) is 0 Å². The second kappa shape index (κ2) is 8.52. The van der Waals surface area contributed by atoms with Crippen molar-refractivity contribution in [3.05, 3.63) is 69.3 Å². The monoisotopic (exact) mass is 411 g/mol. The number of non-ortho nitro benzene ring substituents is 1. The van der Waals surface area contributed by atoms with Crippen molar-refractivity contribution >= 4 is 35.1 Å². The van der Waals surface area contributed by atoms with Crippen molar-refractivity contribution in [2.45, 2.75) is 13.3 Å². The van der Waals surface area contributed by atoms with Crippen molar-refractivity contribution in [2.75, 3.05) is 18.5 Å². The summed E-state index contributed by atoms with van der Waals surface area (Å²) >= 11 is 0. The van der Waals surface area contributed by atoms with Crippen molar-refractivity contribution in [3.8, 4) is 0 Å². The van der Waals surface area contributed by atoms with Gasteiger partial charge in [0.15, 0.2) is 0 Å². The number of hydrogen-bond donors (Lipinski definition) is 1. The van der Waals surface area contributed by atoms with Crippen LogP contribution < -0.4 is 5.32 Å². The van der Waals surface area contributed by atoms with Gasteiger partial charge in [0.1, 0.15) is 0 Å². The van der Waals surface area contributed by atoms with Gasteiger partial charge in [0.05, 0.1) is 28.2 Å². The molecule has 0 aliphatic carbocycles. The van der Waals surface area contributed by atoms with Crippen LogP contribution in [0.1, 0.15) is 44.4 Å². The van der Waals surface area contributed by atoms with E-state index in [9.17, 15) is 29.3 Å². The van der Waals surface area contributed by atoms with E-state index < -0.39 is 28.6 Å². The van der Waals surface area contributed by atoms with Crippen LogP contribution in [0.25, 0.3) is 0 Å². The Morgan fingerprint density at radius 3 is 2.37 bits per heavy atom. The lowest BCUT2D eigenvalue weighted by Gasteiger charge is -2.13. The lowest BCUT2D eigenvalue weighted by atomic mass is 10.1. The molecule has 1 aliphatic heterocycles. The third kappa shape index (κ3) is 4.17. The molecular weight excluding hydrogens is 394 g/mol. The number of carbonyl (C=O) groups is 4. The minimum absolute atomic E-state index is 0.0517. The summed E-state index contributed by atoms with van der Waals surface area (Å²) in [6.07, 6.45) is -0.160. The van der Waals surface area contributed by atoms with Crippen LogP contribution in [0.4, 0.5) is 11.4 Å². The first kappa shape index (κ1) is 20.6. The number of rotatable bonds is 7. The van der Waals surface area contributed by atoms with Gasteiger partial charge in [-0.15, -0.1) is 0 Å². The number of amides is 3. The number of nitrogens with zero attached hydrogens (tertiary/aromatic N) is 2. The Morgan fingerprint density at radius 2 is 1.73 bits per heavy atom. The Kier molecular flexibility index (Phi) is 5.86. The van der Waals surface area contributed by atoms with Gasteiger partial charge in [-0.3, -0.25) is 29.4 Å². The van der Waals surface area contributed by atoms with Crippen LogP contribution in [0.3, 0.4) is 0 Å². The van der Waals surface area contributed by atoms with Gasteiger partial charge in [-0.25, -0.2) is 4.79 Å². The Morgan fingerprint density at radius 1 is 1.07 bits per heavy atom. The molecule has 0 saturated heterocycles. The highest BCUT2D eigenvalue weighted by molar-refractivity contribution is 6.21. The summed E-state index contributed by atoms with van der Waals surface area (Å²) in [6.45, 7) is 1.78. The van der Waals surface area contributed by atoms with Gasteiger partial charge in [-0.1, -0.05) is 0 Å². The molecule has 2 aromatic rings. The van der Waals surface area contributed by atoms with Crippen LogP contribution in [0.15, 0.2) is 42.5 Å². The molecule has 3 rings (SSSR count). The number of esters is 1. The molecule has 1 aliphatic rings. The zero-order valence-corrected chi connectivity index (χ0v) is 15.9. The van der Waals surface area contributed by atoms with Crippen LogP contribution in [0.2, 0.25) is 0 Å². The SMILES string of the molecule is CCOC(=O)c1ccc(NC(=O)CCN2C(=O)c3ccc([N+](=O)[O-])cc3C2=O)cc1. The molecule has 3 amide bonds. The number of benzene rings is 2. The highest BCUT2D eigenvalue weighted by Gasteiger charge is 2.36. The number of carbonyl (C=O) groups excluding carboxylic acids is 4. The van der Waals surface area contributed by atoms with Crippen LogP contribution in [-0.4, -0.2) is 46.7 Å². The fourth-order valence-electron chi connectivity index (χ4n) is 2.94. The molecular formula is C20H17N3O7. The van der Waals surface area contributed by atoms with Crippen molar-refractivity contribution < 1.29 is 28.8 Å². The van der Waals surface area contributed by atoms with Crippen molar-refractivity contribution in [2.24, 2.45) is 0 Å². The molecule has 2 aromatic carbocycles. The first-order chi connectivity index (χ1) is 14.3. The third-order valence-corrected chi connectivity index (χ3v) is 4.41. The zero-order valence-electron chi connectivity index (χ0n) is 15.9. The second-order valence-corrected chi connectivity index (χ2v) is 6.34. The lowest BCUT2D eigenvalue weighted by Crippen LogP contribution is -2.32. The number of nitrogens with one attached hydrogen (secondary N) is 1. The Bertz CT molecular complexity index is 1050. The zero-order chi connectivity index (χ0) is 21.8. The third-order valence-electron chi connectivity index (χ3n) is 4.41. The summed E-state index contributed by atoms with van der Waals surface area (Å²) in [4.78, 5) is 59.7. The van der Waals surface area contributed by atoms with Crippen LogP contribution in [-0.2, 0) is 9.53 Å². The fourth-order valence-corrected chi connectivity index (χ4v) is 2.94. The average Bonchev–Trinajstić information content (AvgIpc) is 2.96. The summed E-state index contributed by atoms with van der Waals surface area (Å²) in [5.41, 5.74) is 0.506. The molecule has 0 unspecified atom stereocenters. The topological polar surface area (TPSA) is 136 Å². The standard InChI is InChI=1S/C20H17N3O7/c1-2-30-20(27)12-3-5-13(6-4-12)21-17(24)9-10-22-18(25)15-8-7-14(23(28)29)11-16(15)19(22)26/h3-8,11H,2,9-10H2,1H3,(H,21,24). The first-order valence-electron chi connectivity index (χ1n) is 9.03. The molecule has 0 aromatic heterocycles. The van der Waals surface area contributed by atoms with Gasteiger partial charge in [-0.2, -0.15) is 0 Å². The first-order valence-corrected chi connectivity index (χ1v) is 9.03. The summed E-state index contributed by atoms with van der Waals surface area (Å²) in [7, 11) is 0. The Hall–Kier alpha value is -4.08. The largest absolute Gasteiger partial charge is 0.462 e. The van der Waals surface area contributed by atoms with E-state index in [4.69, 9.17) is 4.74 Å². The predicted octanol–water partition coefficient (Wildman–Crippen LogP) is 2.40. The van der Waals surface area contributed by atoms with E-state index in [-0.39, 0.29) is 36.4 Å². The van der Waals surface area contributed by atoms with E-state index in [0.29, 0.717) is 11.3 Å². The smallest absolute Gasteiger partial charge is 0.338 e. The minimum atomic E-state index is -0.676. The number of nitro groups is 1. The molecule has 0 saturated carbocycles. The number of fused-ring (bicyclic) bond motifs is 1. The van der Waals surface area contributed by atoms with E-state index in [2.05, 4.69) is 5.32 Å². The number of nitro benzene ring substituents is 1. The fraction of sp³-hybridized carbons (Fsp3) is 0.200. The number of ether oxygens (including phenoxy) is 1. The lowest BCUT2D eigenvalue weighted by molar-refractivity contribution is -0.384. The van der Waals surface area contributed by atoms with Gasteiger partial charge in [-0.05, 0) is 37.3 Å². The predicted molar refractivity (Wildman–Crippen MR) is 104 cm³/mol. The van der Waals surface area contributed by atoms with Gasteiger partial charge in [0.25, 0.3) is 17.5 Å². The van der Waals surface area contributed by atoms with E-state index in [1.165, 1.54) is 30.3 Å². The number of imide groups is 1. The van der Waals surface area contributed by atoms with E-state index in [1.54, 1.807) is 6.92 Å². The van der Waals surface area contributed by atoms with Crippen molar-refractivity contribution in [1.29, 1.82) is 0 Å². The molecule has 0 radical (unpaired) electrons. The molecule has 154 valence electrons. The van der Waals surface area contributed by atoms with E-state index >= 15 is 0 Å². The Labute approximate surface area is 170 Å². The van der Waals surface area contributed by atoms with Crippen LogP contribution >= 0.6 is 0 Å². The van der Waals surface area contributed by atoms with E-state index in [0.717, 1.165) is 17.0 Å². The minimum Gasteiger partial charge on any atom is -0.462 e. The van der Waals surface area contributed by atoms with Gasteiger partial charge < -0.3 is 10.1 Å². The van der Waals surface area contributed by atoms with Gasteiger partial charge in [0.2, 0.25) is 5.91 Å². The van der Waals surface area contributed by atoms with Gasteiger partial charge in [0, 0.05) is 30.8 Å².